The lowest BCUT2D eigenvalue weighted by Gasteiger charge is -2.22. The molecule has 0 bridgehead atoms. The molecule has 0 aromatic carbocycles. The van der Waals surface area contributed by atoms with Gasteiger partial charge in [-0.05, 0) is 13.3 Å². The number of nitrogens with two attached hydrogens (primary N) is 1. The summed E-state index contributed by atoms with van der Waals surface area (Å²) in [4.78, 5) is 0. The van der Waals surface area contributed by atoms with Crippen molar-refractivity contribution >= 4 is 0 Å². The third kappa shape index (κ3) is 6.28. The van der Waals surface area contributed by atoms with Crippen molar-refractivity contribution in [3.63, 3.8) is 0 Å². The first kappa shape index (κ1) is 10.9. The van der Waals surface area contributed by atoms with Gasteiger partial charge in [-0.25, -0.2) is 0 Å². The van der Waals surface area contributed by atoms with Crippen LogP contribution in [0.2, 0.25) is 0 Å². The molecule has 3 nitrogen and oxygen atoms in total. The van der Waals surface area contributed by atoms with Crippen LogP contribution in [0.5, 0.6) is 0 Å². The van der Waals surface area contributed by atoms with Gasteiger partial charge in [-0.15, -0.1) is 0 Å². The van der Waals surface area contributed by atoms with Crippen LogP contribution in [0.25, 0.3) is 0 Å². The van der Waals surface area contributed by atoms with Gasteiger partial charge in [0.25, 0.3) is 0 Å². The number of hydrogen-bond donors (Lipinski definition) is 2. The van der Waals surface area contributed by atoms with Gasteiger partial charge in [0.1, 0.15) is 0 Å². The zero-order chi connectivity index (χ0) is 8.74. The predicted octanol–water partition coefficient (Wildman–Crippen LogP) is 1.21. The Morgan fingerprint density at radius 3 is 2.45 bits per heavy atom. The molecule has 11 heavy (non-hydrogen) atoms. The highest BCUT2D eigenvalue weighted by atomic mass is 16.6. The van der Waals surface area contributed by atoms with E-state index in [0.717, 1.165) is 19.3 Å². The highest BCUT2D eigenvalue weighted by molar-refractivity contribution is 4.57. The number of unbranched alkanes of at least 4 members (excludes halogenated alkanes) is 2. The van der Waals surface area contributed by atoms with Crippen molar-refractivity contribution in [2.45, 2.75) is 45.4 Å². The Morgan fingerprint density at radius 2 is 2.00 bits per heavy atom. The molecule has 0 aromatic heterocycles. The second-order valence-corrected chi connectivity index (χ2v) is 2.73. The van der Waals surface area contributed by atoms with Gasteiger partial charge < -0.3 is 9.84 Å². The van der Waals surface area contributed by atoms with E-state index in [1.807, 2.05) is 6.92 Å². The van der Waals surface area contributed by atoms with E-state index in [1.54, 1.807) is 0 Å². The SMILES string of the molecule is CCCCCC(N)(O)OCC. The smallest absolute Gasteiger partial charge is 0.222 e. The molecule has 0 heterocycles. The van der Waals surface area contributed by atoms with Crippen molar-refractivity contribution in [1.82, 2.24) is 0 Å². The highest BCUT2D eigenvalue weighted by Gasteiger charge is 2.19. The molecule has 0 aromatic rings. The van der Waals surface area contributed by atoms with Crippen LogP contribution >= 0.6 is 0 Å². The van der Waals surface area contributed by atoms with E-state index in [-0.39, 0.29) is 0 Å². The average Bonchev–Trinajstić information content (AvgIpc) is 1.87. The first-order valence-electron chi connectivity index (χ1n) is 4.27. The summed E-state index contributed by atoms with van der Waals surface area (Å²) >= 11 is 0. The molecule has 0 spiro atoms. The van der Waals surface area contributed by atoms with Crippen molar-refractivity contribution < 1.29 is 9.84 Å². The van der Waals surface area contributed by atoms with Gasteiger partial charge in [0, 0.05) is 13.0 Å². The third-order valence-electron chi connectivity index (χ3n) is 1.53. The first-order valence-corrected chi connectivity index (χ1v) is 4.27. The summed E-state index contributed by atoms with van der Waals surface area (Å²) in [6.45, 7) is 4.38. The van der Waals surface area contributed by atoms with E-state index in [1.165, 1.54) is 0 Å². The molecule has 0 aliphatic heterocycles. The van der Waals surface area contributed by atoms with Crippen LogP contribution in [0.15, 0.2) is 0 Å². The lowest BCUT2D eigenvalue weighted by Crippen LogP contribution is -2.42. The third-order valence-corrected chi connectivity index (χ3v) is 1.53. The lowest BCUT2D eigenvalue weighted by atomic mass is 10.2. The monoisotopic (exact) mass is 161 g/mol. The van der Waals surface area contributed by atoms with Gasteiger partial charge in [0.15, 0.2) is 0 Å². The molecule has 0 radical (unpaired) electrons. The Balaban J connectivity index is 3.38. The van der Waals surface area contributed by atoms with Gasteiger partial charge in [0.05, 0.1) is 0 Å². The summed E-state index contributed by atoms with van der Waals surface area (Å²) in [5.41, 5.74) is 5.40. The minimum Gasteiger partial charge on any atom is -0.353 e. The quantitative estimate of drug-likeness (QED) is 0.454. The van der Waals surface area contributed by atoms with Gasteiger partial charge in [-0.1, -0.05) is 19.8 Å². The summed E-state index contributed by atoms with van der Waals surface area (Å²) in [6, 6.07) is 0. The van der Waals surface area contributed by atoms with Crippen molar-refractivity contribution in [2.24, 2.45) is 5.73 Å². The molecular weight excluding hydrogens is 142 g/mol. The van der Waals surface area contributed by atoms with Gasteiger partial charge in [-0.2, -0.15) is 0 Å². The summed E-state index contributed by atoms with van der Waals surface area (Å²) < 4.78 is 4.91. The lowest BCUT2D eigenvalue weighted by molar-refractivity contribution is -0.201. The van der Waals surface area contributed by atoms with Crippen LogP contribution in [-0.2, 0) is 4.74 Å². The molecule has 1 unspecified atom stereocenters. The van der Waals surface area contributed by atoms with Crippen molar-refractivity contribution in [1.29, 1.82) is 0 Å². The van der Waals surface area contributed by atoms with Gasteiger partial charge in [0.2, 0.25) is 5.91 Å². The molecule has 0 rings (SSSR count). The summed E-state index contributed by atoms with van der Waals surface area (Å²) in [5, 5.41) is 9.30. The fraction of sp³-hybridized carbons (Fsp3) is 1.00. The molecule has 3 heteroatoms. The Morgan fingerprint density at radius 1 is 1.36 bits per heavy atom. The Labute approximate surface area is 68.5 Å². The normalized spacial score (nSPS) is 16.4. The number of rotatable bonds is 6. The molecule has 1 atom stereocenters. The maximum absolute atomic E-state index is 9.30. The van der Waals surface area contributed by atoms with Crippen LogP contribution in [0.4, 0.5) is 0 Å². The van der Waals surface area contributed by atoms with Crippen molar-refractivity contribution in [2.75, 3.05) is 6.61 Å². The molecule has 0 aliphatic rings. The first-order chi connectivity index (χ1) is 5.12. The maximum atomic E-state index is 9.30. The van der Waals surface area contributed by atoms with Crippen LogP contribution < -0.4 is 5.73 Å². The second-order valence-electron chi connectivity index (χ2n) is 2.73. The van der Waals surface area contributed by atoms with Gasteiger partial charge >= 0.3 is 0 Å². The van der Waals surface area contributed by atoms with Gasteiger partial charge in [-0.3, -0.25) is 5.73 Å². The average molecular weight is 161 g/mol. The molecule has 0 saturated carbocycles. The van der Waals surface area contributed by atoms with Crippen LogP contribution in [0.1, 0.15) is 39.5 Å². The molecule has 0 aliphatic carbocycles. The number of aliphatic hydroxyl groups is 1. The number of hydrogen-bond acceptors (Lipinski definition) is 3. The van der Waals surface area contributed by atoms with Crippen LogP contribution in [0.3, 0.4) is 0 Å². The second kappa shape index (κ2) is 5.52. The summed E-state index contributed by atoms with van der Waals surface area (Å²) in [6.07, 6.45) is 3.66. The minimum atomic E-state index is -1.40. The van der Waals surface area contributed by atoms with Crippen molar-refractivity contribution in [3.05, 3.63) is 0 Å². The fourth-order valence-electron chi connectivity index (χ4n) is 0.950. The largest absolute Gasteiger partial charge is 0.353 e. The van der Waals surface area contributed by atoms with Crippen molar-refractivity contribution in [3.8, 4) is 0 Å². The highest BCUT2D eigenvalue weighted by Crippen LogP contribution is 2.10. The Bertz CT molecular complexity index is 94.1. The minimum absolute atomic E-state index is 0.457. The molecule has 0 fully saturated rings. The van der Waals surface area contributed by atoms with Crippen LogP contribution in [-0.4, -0.2) is 17.6 Å². The zero-order valence-electron chi connectivity index (χ0n) is 7.47. The topological polar surface area (TPSA) is 55.5 Å². The summed E-state index contributed by atoms with van der Waals surface area (Å²) in [7, 11) is 0. The standard InChI is InChI=1S/C8H19NO2/c1-3-5-6-7-8(9,10)11-4-2/h10H,3-7,9H2,1-2H3. The van der Waals surface area contributed by atoms with E-state index in [0.29, 0.717) is 13.0 Å². The number of ether oxygens (including phenoxy) is 1. The molecule has 68 valence electrons. The molecule has 3 N–H and O–H groups in total. The fourth-order valence-corrected chi connectivity index (χ4v) is 0.950. The Hall–Kier alpha value is -0.120. The van der Waals surface area contributed by atoms with E-state index in [2.05, 4.69) is 6.92 Å². The molecule has 0 amide bonds. The van der Waals surface area contributed by atoms with E-state index < -0.39 is 5.91 Å². The predicted molar refractivity (Wildman–Crippen MR) is 44.9 cm³/mol. The van der Waals surface area contributed by atoms with E-state index >= 15 is 0 Å². The molecular formula is C8H19NO2. The van der Waals surface area contributed by atoms with E-state index in [4.69, 9.17) is 10.5 Å². The van der Waals surface area contributed by atoms with E-state index in [9.17, 15) is 5.11 Å². The Kier molecular flexibility index (Phi) is 5.46. The summed E-state index contributed by atoms with van der Waals surface area (Å²) in [5.74, 6) is -1.40. The zero-order valence-corrected chi connectivity index (χ0v) is 7.47. The molecule has 0 saturated heterocycles. The van der Waals surface area contributed by atoms with Crippen LogP contribution in [0, 0.1) is 0 Å². The maximum Gasteiger partial charge on any atom is 0.222 e.